The Labute approximate surface area is 75.7 Å². The van der Waals surface area contributed by atoms with Gasteiger partial charge in [-0.15, -0.1) is 0 Å². The van der Waals surface area contributed by atoms with E-state index in [1.165, 1.54) is 0 Å². The SMILES string of the molecule is CCC[C@@H](C)N(C)CC(F)(F)P. The molecule has 1 nitrogen and oxygen atoms in total. The van der Waals surface area contributed by atoms with Crippen molar-refractivity contribution < 1.29 is 8.78 Å². The van der Waals surface area contributed by atoms with Crippen LogP contribution in [0.2, 0.25) is 0 Å². The molecule has 0 heterocycles. The first-order chi connectivity index (χ1) is 5.37. The van der Waals surface area contributed by atoms with Crippen LogP contribution < -0.4 is 0 Å². The number of nitrogens with zero attached hydrogens (tertiary/aromatic N) is 1. The molecule has 0 N–H and O–H groups in total. The highest BCUT2D eigenvalue weighted by Gasteiger charge is 2.25. The van der Waals surface area contributed by atoms with Gasteiger partial charge in [-0.25, -0.2) is 8.78 Å². The molecule has 0 saturated carbocycles. The lowest BCUT2D eigenvalue weighted by atomic mass is 10.2. The van der Waals surface area contributed by atoms with E-state index in [9.17, 15) is 8.78 Å². The molecule has 12 heavy (non-hydrogen) atoms. The van der Waals surface area contributed by atoms with E-state index in [0.29, 0.717) is 0 Å². The largest absolute Gasteiger partial charge is 0.298 e. The van der Waals surface area contributed by atoms with Crippen LogP contribution in [0.1, 0.15) is 26.7 Å². The summed E-state index contributed by atoms with van der Waals surface area (Å²) in [6.07, 6.45) is 2.01. The van der Waals surface area contributed by atoms with Gasteiger partial charge in [0, 0.05) is 6.04 Å². The molecule has 0 aliphatic carbocycles. The maximum Gasteiger partial charge on any atom is 0.271 e. The van der Waals surface area contributed by atoms with Crippen molar-refractivity contribution >= 4 is 9.24 Å². The normalized spacial score (nSPS) is 15.2. The lowest BCUT2D eigenvalue weighted by Crippen LogP contribution is -2.36. The molecule has 0 aromatic carbocycles. The molecule has 0 aromatic heterocycles. The Morgan fingerprint density at radius 1 is 1.50 bits per heavy atom. The third kappa shape index (κ3) is 5.84. The molecular formula is C8H18F2NP. The molecule has 2 atom stereocenters. The smallest absolute Gasteiger partial charge is 0.271 e. The Morgan fingerprint density at radius 2 is 2.00 bits per heavy atom. The van der Waals surface area contributed by atoms with Crippen molar-refractivity contribution in [2.75, 3.05) is 13.6 Å². The summed E-state index contributed by atoms with van der Waals surface area (Å²) in [7, 11) is 3.30. The molecule has 0 bridgehead atoms. The minimum Gasteiger partial charge on any atom is -0.298 e. The van der Waals surface area contributed by atoms with Crippen LogP contribution >= 0.6 is 9.24 Å². The van der Waals surface area contributed by atoms with E-state index in [1.54, 1.807) is 21.2 Å². The number of rotatable bonds is 5. The molecule has 0 rings (SSSR count). The van der Waals surface area contributed by atoms with E-state index in [1.807, 2.05) is 6.92 Å². The quantitative estimate of drug-likeness (QED) is 0.612. The van der Waals surface area contributed by atoms with Crippen LogP contribution in [0.25, 0.3) is 0 Å². The van der Waals surface area contributed by atoms with Crippen molar-refractivity contribution in [3.63, 3.8) is 0 Å². The van der Waals surface area contributed by atoms with Crippen molar-refractivity contribution in [3.05, 3.63) is 0 Å². The topological polar surface area (TPSA) is 3.24 Å². The van der Waals surface area contributed by atoms with Crippen LogP contribution in [-0.4, -0.2) is 30.2 Å². The number of hydrogen-bond acceptors (Lipinski definition) is 1. The molecular weight excluding hydrogens is 179 g/mol. The van der Waals surface area contributed by atoms with E-state index in [-0.39, 0.29) is 12.6 Å². The molecule has 0 spiro atoms. The standard InChI is InChI=1S/C8H18F2NP/c1-4-5-7(2)11(3)6-8(9,10)12/h7H,4-6,12H2,1-3H3/t7-/m1/s1. The maximum absolute atomic E-state index is 12.5. The van der Waals surface area contributed by atoms with Crippen molar-refractivity contribution in [2.45, 2.75) is 38.4 Å². The highest BCUT2D eigenvalue weighted by molar-refractivity contribution is 7.18. The molecule has 74 valence electrons. The first-order valence-corrected chi connectivity index (χ1v) is 4.81. The molecule has 0 aromatic rings. The Morgan fingerprint density at radius 3 is 2.33 bits per heavy atom. The predicted octanol–water partition coefficient (Wildman–Crippen LogP) is 2.57. The van der Waals surface area contributed by atoms with Crippen molar-refractivity contribution in [2.24, 2.45) is 0 Å². The lowest BCUT2D eigenvalue weighted by Gasteiger charge is -2.26. The highest BCUT2D eigenvalue weighted by Crippen LogP contribution is 2.23. The van der Waals surface area contributed by atoms with E-state index >= 15 is 0 Å². The van der Waals surface area contributed by atoms with Crippen LogP contribution in [0, 0.1) is 0 Å². The van der Waals surface area contributed by atoms with Gasteiger partial charge in [0.15, 0.2) is 0 Å². The zero-order valence-electron chi connectivity index (χ0n) is 7.98. The van der Waals surface area contributed by atoms with Gasteiger partial charge in [-0.05, 0) is 20.4 Å². The molecule has 4 heteroatoms. The molecule has 0 aliphatic heterocycles. The Balaban J connectivity index is 3.78. The second kappa shape index (κ2) is 5.08. The van der Waals surface area contributed by atoms with Gasteiger partial charge in [-0.2, -0.15) is 0 Å². The molecule has 0 aliphatic rings. The summed E-state index contributed by atoms with van der Waals surface area (Å²) in [4.78, 5) is 1.69. The predicted molar refractivity (Wildman–Crippen MR) is 51.7 cm³/mol. The average Bonchev–Trinajstić information content (AvgIpc) is 1.84. The van der Waals surface area contributed by atoms with Crippen LogP contribution in [-0.2, 0) is 0 Å². The molecule has 1 unspecified atom stereocenters. The fraction of sp³-hybridized carbons (Fsp3) is 1.00. The third-order valence-corrected chi connectivity index (χ3v) is 2.10. The zero-order chi connectivity index (χ0) is 9.78. The van der Waals surface area contributed by atoms with E-state index in [0.717, 1.165) is 12.8 Å². The summed E-state index contributed by atoms with van der Waals surface area (Å²) < 4.78 is 25.0. The van der Waals surface area contributed by atoms with Gasteiger partial charge in [-0.3, -0.25) is 4.90 Å². The van der Waals surface area contributed by atoms with Crippen LogP contribution in [0.4, 0.5) is 8.78 Å². The number of hydrogen-bond donors (Lipinski definition) is 0. The van der Waals surface area contributed by atoms with Crippen LogP contribution in [0.5, 0.6) is 0 Å². The van der Waals surface area contributed by atoms with E-state index in [4.69, 9.17) is 0 Å². The average molecular weight is 197 g/mol. The van der Waals surface area contributed by atoms with Gasteiger partial charge in [0.1, 0.15) is 0 Å². The van der Waals surface area contributed by atoms with Crippen molar-refractivity contribution in [1.82, 2.24) is 4.90 Å². The first kappa shape index (κ1) is 12.2. The Bertz CT molecular complexity index is 125. The first-order valence-electron chi connectivity index (χ1n) is 4.23. The zero-order valence-corrected chi connectivity index (χ0v) is 9.13. The number of alkyl halides is 2. The van der Waals surface area contributed by atoms with Gasteiger partial charge >= 0.3 is 0 Å². The third-order valence-electron chi connectivity index (χ3n) is 1.92. The second-order valence-corrected chi connectivity index (χ2v) is 4.16. The number of halogens is 2. The second-order valence-electron chi connectivity index (χ2n) is 3.31. The van der Waals surface area contributed by atoms with Gasteiger partial charge in [0.25, 0.3) is 5.66 Å². The van der Waals surface area contributed by atoms with E-state index in [2.05, 4.69) is 6.92 Å². The minimum atomic E-state index is -2.66. The highest BCUT2D eigenvalue weighted by atomic mass is 31.0. The summed E-state index contributed by atoms with van der Waals surface area (Å²) in [6.45, 7) is 3.85. The Kier molecular flexibility index (Phi) is 5.19. The van der Waals surface area contributed by atoms with Crippen LogP contribution in [0.15, 0.2) is 0 Å². The van der Waals surface area contributed by atoms with Gasteiger partial charge in [0.2, 0.25) is 0 Å². The van der Waals surface area contributed by atoms with E-state index < -0.39 is 5.66 Å². The minimum absolute atomic E-state index is 0.182. The molecule has 0 amide bonds. The summed E-state index contributed by atoms with van der Waals surface area (Å²) >= 11 is 0. The van der Waals surface area contributed by atoms with Crippen molar-refractivity contribution in [3.8, 4) is 0 Å². The van der Waals surface area contributed by atoms with Gasteiger partial charge in [-0.1, -0.05) is 22.6 Å². The molecule has 0 radical (unpaired) electrons. The Hall–Kier alpha value is 0.250. The summed E-state index contributed by atoms with van der Waals surface area (Å²) in [6, 6.07) is 0.237. The van der Waals surface area contributed by atoms with Crippen molar-refractivity contribution in [1.29, 1.82) is 0 Å². The maximum atomic E-state index is 12.5. The summed E-state index contributed by atoms with van der Waals surface area (Å²) in [5.74, 6) is 0. The summed E-state index contributed by atoms with van der Waals surface area (Å²) in [5.41, 5.74) is -2.66. The lowest BCUT2D eigenvalue weighted by molar-refractivity contribution is 0.0492. The molecule has 0 fully saturated rings. The fourth-order valence-electron chi connectivity index (χ4n) is 1.13. The molecule has 0 saturated heterocycles. The van der Waals surface area contributed by atoms with Gasteiger partial charge in [0.05, 0.1) is 6.54 Å². The monoisotopic (exact) mass is 197 g/mol. The van der Waals surface area contributed by atoms with Crippen LogP contribution in [0.3, 0.4) is 0 Å². The fourth-order valence-corrected chi connectivity index (χ4v) is 1.41. The summed E-state index contributed by atoms with van der Waals surface area (Å²) in [5, 5.41) is 0. The van der Waals surface area contributed by atoms with Gasteiger partial charge < -0.3 is 0 Å².